The average molecular weight is 386 g/mol. The van der Waals surface area contributed by atoms with Crippen molar-refractivity contribution in [3.05, 3.63) is 40.7 Å². The Bertz CT molecular complexity index is 965. The number of carbonyl (C=O) groups is 1. The van der Waals surface area contributed by atoms with Gasteiger partial charge < -0.3 is 19.1 Å². The second-order valence-electron chi connectivity index (χ2n) is 6.99. The summed E-state index contributed by atoms with van der Waals surface area (Å²) in [6, 6.07) is 7.88. The number of nitrogens with zero attached hydrogens (tertiary/aromatic N) is 4. The van der Waals surface area contributed by atoms with Crippen LogP contribution in [-0.2, 0) is 6.61 Å². The highest BCUT2D eigenvalue weighted by Gasteiger charge is 2.29. The van der Waals surface area contributed by atoms with Crippen LogP contribution in [0.1, 0.15) is 27.7 Å². The zero-order chi connectivity index (χ0) is 19.0. The molecule has 1 fully saturated rings. The molecule has 0 unspecified atom stereocenters. The Labute approximate surface area is 161 Å². The number of aryl methyl sites for hydroxylation is 1. The number of ether oxygens (including phenoxy) is 1. The zero-order valence-electron chi connectivity index (χ0n) is 15.6. The van der Waals surface area contributed by atoms with Gasteiger partial charge in [0, 0.05) is 31.3 Å². The molecule has 8 heteroatoms. The lowest BCUT2D eigenvalue weighted by Crippen LogP contribution is -2.34. The minimum Gasteiger partial charge on any atom is -0.485 e. The Morgan fingerprint density at radius 3 is 3.04 bits per heavy atom. The molecule has 3 aromatic rings. The van der Waals surface area contributed by atoms with Crippen LogP contribution >= 0.6 is 11.3 Å². The molecule has 0 N–H and O–H groups in total. The number of hydrogen-bond acceptors (Lipinski definition) is 7. The summed E-state index contributed by atoms with van der Waals surface area (Å²) in [5, 5.41) is 4.95. The summed E-state index contributed by atoms with van der Waals surface area (Å²) in [5.41, 5.74) is 1.26. The zero-order valence-corrected chi connectivity index (χ0v) is 16.5. The van der Waals surface area contributed by atoms with E-state index in [2.05, 4.69) is 15.0 Å². The van der Waals surface area contributed by atoms with Gasteiger partial charge in [-0.15, -0.1) is 11.3 Å². The first kappa shape index (κ1) is 17.9. The molecule has 1 amide bonds. The van der Waals surface area contributed by atoms with Gasteiger partial charge in [0.1, 0.15) is 12.4 Å². The van der Waals surface area contributed by atoms with Gasteiger partial charge in [0.25, 0.3) is 5.91 Å². The van der Waals surface area contributed by atoms with Gasteiger partial charge in [-0.05, 0) is 39.6 Å². The molecule has 27 heavy (non-hydrogen) atoms. The second kappa shape index (κ2) is 7.28. The molecular formula is C19H22N4O3S. The van der Waals surface area contributed by atoms with Crippen molar-refractivity contribution in [2.45, 2.75) is 26.0 Å². The first-order chi connectivity index (χ1) is 13.0. The Morgan fingerprint density at radius 1 is 1.41 bits per heavy atom. The summed E-state index contributed by atoms with van der Waals surface area (Å²) >= 11 is 1.66. The number of likely N-dealkylation sites (N-methyl/N-ethyl adjacent to an activating group) is 1. The number of amides is 1. The van der Waals surface area contributed by atoms with E-state index in [1.807, 2.05) is 44.1 Å². The summed E-state index contributed by atoms with van der Waals surface area (Å²) in [4.78, 5) is 21.0. The highest BCUT2D eigenvalue weighted by atomic mass is 32.1. The third-order valence-electron chi connectivity index (χ3n) is 4.81. The fourth-order valence-electron chi connectivity index (χ4n) is 3.26. The number of carbonyl (C=O) groups excluding carboxylic acids is 1. The Balaban J connectivity index is 1.38. The van der Waals surface area contributed by atoms with Gasteiger partial charge in [-0.3, -0.25) is 4.79 Å². The van der Waals surface area contributed by atoms with Gasteiger partial charge in [-0.2, -0.15) is 0 Å². The lowest BCUT2D eigenvalue weighted by molar-refractivity contribution is 0.0772. The van der Waals surface area contributed by atoms with Crippen molar-refractivity contribution in [1.82, 2.24) is 19.9 Å². The lowest BCUT2D eigenvalue weighted by Gasteiger charge is -2.19. The average Bonchev–Trinajstić information content (AvgIpc) is 3.37. The van der Waals surface area contributed by atoms with Crippen molar-refractivity contribution in [3.63, 3.8) is 0 Å². The van der Waals surface area contributed by atoms with Gasteiger partial charge in [-0.25, -0.2) is 4.98 Å². The SMILES string of the molecule is Cc1nc2cc(OCc3cc(C(=O)N4CC[C@H](N(C)C)C4)no3)ccc2s1. The van der Waals surface area contributed by atoms with Crippen LogP contribution in [0.5, 0.6) is 5.75 Å². The van der Waals surface area contributed by atoms with E-state index in [0.29, 0.717) is 23.2 Å². The van der Waals surface area contributed by atoms with E-state index in [1.54, 1.807) is 17.4 Å². The number of benzene rings is 1. The van der Waals surface area contributed by atoms with Crippen molar-refractivity contribution in [1.29, 1.82) is 0 Å². The fourth-order valence-corrected chi connectivity index (χ4v) is 4.07. The monoisotopic (exact) mass is 386 g/mol. The fraction of sp³-hybridized carbons (Fsp3) is 0.421. The molecule has 0 saturated carbocycles. The highest BCUT2D eigenvalue weighted by molar-refractivity contribution is 7.18. The van der Waals surface area contributed by atoms with Gasteiger partial charge in [-0.1, -0.05) is 5.16 Å². The van der Waals surface area contributed by atoms with E-state index < -0.39 is 0 Å². The molecule has 0 bridgehead atoms. The largest absolute Gasteiger partial charge is 0.485 e. The first-order valence-electron chi connectivity index (χ1n) is 8.91. The van der Waals surface area contributed by atoms with Crippen molar-refractivity contribution in [3.8, 4) is 5.75 Å². The number of likely N-dealkylation sites (tertiary alicyclic amines) is 1. The molecule has 1 aliphatic heterocycles. The predicted molar refractivity (Wildman–Crippen MR) is 103 cm³/mol. The Hall–Kier alpha value is -2.45. The van der Waals surface area contributed by atoms with E-state index in [-0.39, 0.29) is 12.5 Å². The van der Waals surface area contributed by atoms with E-state index in [9.17, 15) is 4.79 Å². The van der Waals surface area contributed by atoms with Gasteiger partial charge >= 0.3 is 0 Å². The quantitative estimate of drug-likeness (QED) is 0.671. The molecule has 0 aliphatic carbocycles. The molecule has 4 rings (SSSR count). The molecule has 7 nitrogen and oxygen atoms in total. The minimum atomic E-state index is -0.0892. The van der Waals surface area contributed by atoms with Crippen molar-refractivity contribution in [2.24, 2.45) is 0 Å². The third-order valence-corrected chi connectivity index (χ3v) is 5.76. The first-order valence-corrected chi connectivity index (χ1v) is 9.72. The van der Waals surface area contributed by atoms with Gasteiger partial charge in [0.2, 0.25) is 0 Å². The molecule has 1 saturated heterocycles. The van der Waals surface area contributed by atoms with E-state index in [4.69, 9.17) is 9.26 Å². The molecule has 2 aromatic heterocycles. The third kappa shape index (κ3) is 3.81. The maximum absolute atomic E-state index is 12.6. The number of hydrogen-bond donors (Lipinski definition) is 0. The van der Waals surface area contributed by atoms with Gasteiger partial charge in [0.05, 0.1) is 15.2 Å². The molecular weight excluding hydrogens is 364 g/mol. The van der Waals surface area contributed by atoms with E-state index in [0.717, 1.165) is 34.7 Å². The number of thiazole rings is 1. The van der Waals surface area contributed by atoms with Crippen LogP contribution in [0, 0.1) is 6.92 Å². The number of aromatic nitrogens is 2. The standard InChI is InChI=1S/C19H22N4O3S/c1-12-20-16-8-14(4-5-18(16)27-12)25-11-15-9-17(21-26-15)19(24)23-7-6-13(10-23)22(2)3/h4-5,8-9,13H,6-7,10-11H2,1-3H3/t13-/m0/s1. The molecule has 142 valence electrons. The van der Waals surface area contributed by atoms with Gasteiger partial charge in [0.15, 0.2) is 11.5 Å². The van der Waals surface area contributed by atoms with Crippen LogP contribution in [-0.4, -0.2) is 59.1 Å². The summed E-state index contributed by atoms with van der Waals surface area (Å²) in [6.07, 6.45) is 0.977. The molecule has 3 heterocycles. The van der Waals surface area contributed by atoms with Crippen LogP contribution in [0.3, 0.4) is 0 Å². The maximum atomic E-state index is 12.6. The normalized spacial score (nSPS) is 17.2. The van der Waals surface area contributed by atoms with Crippen LogP contribution < -0.4 is 4.74 Å². The summed E-state index contributed by atoms with van der Waals surface area (Å²) in [5.74, 6) is 1.15. The predicted octanol–water partition coefficient (Wildman–Crippen LogP) is 2.95. The number of rotatable bonds is 5. The smallest absolute Gasteiger partial charge is 0.276 e. The topological polar surface area (TPSA) is 71.7 Å². The van der Waals surface area contributed by atoms with Crippen LogP contribution in [0.2, 0.25) is 0 Å². The second-order valence-corrected chi connectivity index (χ2v) is 8.22. The Morgan fingerprint density at radius 2 is 2.26 bits per heavy atom. The molecule has 1 atom stereocenters. The Kier molecular flexibility index (Phi) is 4.84. The molecule has 0 spiro atoms. The molecule has 1 aromatic carbocycles. The highest BCUT2D eigenvalue weighted by Crippen LogP contribution is 2.26. The molecule has 0 radical (unpaired) electrons. The summed E-state index contributed by atoms with van der Waals surface area (Å²) in [7, 11) is 4.07. The lowest BCUT2D eigenvalue weighted by atomic mass is 10.2. The maximum Gasteiger partial charge on any atom is 0.276 e. The van der Waals surface area contributed by atoms with E-state index >= 15 is 0 Å². The number of fused-ring (bicyclic) bond motifs is 1. The van der Waals surface area contributed by atoms with Crippen LogP contribution in [0.4, 0.5) is 0 Å². The van der Waals surface area contributed by atoms with Crippen LogP contribution in [0.25, 0.3) is 10.2 Å². The minimum absolute atomic E-state index is 0.0892. The summed E-state index contributed by atoms with van der Waals surface area (Å²) < 4.78 is 12.2. The van der Waals surface area contributed by atoms with E-state index in [1.165, 1.54) is 0 Å². The van der Waals surface area contributed by atoms with Crippen LogP contribution in [0.15, 0.2) is 28.8 Å². The van der Waals surface area contributed by atoms with Crippen molar-refractivity contribution >= 4 is 27.5 Å². The summed E-state index contributed by atoms with van der Waals surface area (Å²) in [6.45, 7) is 3.67. The molecule has 1 aliphatic rings. The van der Waals surface area contributed by atoms with Crippen molar-refractivity contribution in [2.75, 3.05) is 27.2 Å². The van der Waals surface area contributed by atoms with Crippen molar-refractivity contribution < 1.29 is 14.1 Å².